The molecule has 0 spiro atoms. The third-order valence-corrected chi connectivity index (χ3v) is 1.09. The maximum absolute atomic E-state index is 3.98. The van der Waals surface area contributed by atoms with Gasteiger partial charge in [0.25, 0.3) is 0 Å². The van der Waals surface area contributed by atoms with Gasteiger partial charge in [0.2, 0.25) is 0 Å². The van der Waals surface area contributed by atoms with Crippen molar-refractivity contribution in [2.75, 3.05) is 0 Å². The van der Waals surface area contributed by atoms with E-state index in [1.807, 2.05) is 6.08 Å². The van der Waals surface area contributed by atoms with Crippen LogP contribution in [0.2, 0.25) is 0 Å². The van der Waals surface area contributed by atoms with Crippen LogP contribution in [0.1, 0.15) is 0 Å². The van der Waals surface area contributed by atoms with E-state index < -0.39 is 0 Å². The summed E-state index contributed by atoms with van der Waals surface area (Å²) >= 11 is 0. The highest BCUT2D eigenvalue weighted by atomic mass is 14.9. The van der Waals surface area contributed by atoms with Gasteiger partial charge in [-0.1, -0.05) is 0 Å². The van der Waals surface area contributed by atoms with E-state index in [0.717, 1.165) is 11.4 Å². The Kier molecular flexibility index (Phi) is 0.545. The lowest BCUT2D eigenvalue weighted by Crippen LogP contribution is -1.66. The molecule has 0 saturated heterocycles. The van der Waals surface area contributed by atoms with Gasteiger partial charge >= 0.3 is 0 Å². The van der Waals surface area contributed by atoms with Crippen molar-refractivity contribution in [1.82, 2.24) is 0 Å². The number of allylic oxidation sites excluding steroid dienone is 2. The van der Waals surface area contributed by atoms with Crippen LogP contribution in [0.25, 0.3) is 0 Å². The summed E-state index contributed by atoms with van der Waals surface area (Å²) in [6, 6.07) is 0. The minimum Gasteiger partial charge on any atom is -0.254 e. The molecule has 0 saturated carbocycles. The first-order valence-electron chi connectivity index (χ1n) is 2.38. The molecule has 2 nitrogen and oxygen atoms in total. The smallest absolute Gasteiger partial charge is 0.0917 e. The van der Waals surface area contributed by atoms with E-state index >= 15 is 0 Å². The SMILES string of the molecule is [C]1=NC2=CC=NC2=C1. The molecular formula is C6H3N2. The average molecular weight is 103 g/mol. The summed E-state index contributed by atoms with van der Waals surface area (Å²) in [7, 11) is 0. The van der Waals surface area contributed by atoms with Crippen LogP contribution in [0, 0.1) is 0 Å². The summed E-state index contributed by atoms with van der Waals surface area (Å²) < 4.78 is 0. The van der Waals surface area contributed by atoms with Crippen LogP contribution in [-0.2, 0) is 0 Å². The highest BCUT2D eigenvalue weighted by molar-refractivity contribution is 5.88. The Bertz CT molecular complexity index is 205. The Morgan fingerprint density at radius 2 is 2.38 bits per heavy atom. The number of hydrogen-bond donors (Lipinski definition) is 0. The fraction of sp³-hybridized carbons (Fsp3) is 0. The summed E-state index contributed by atoms with van der Waals surface area (Å²) in [5.41, 5.74) is 1.87. The van der Waals surface area contributed by atoms with E-state index in [0.29, 0.717) is 0 Å². The Hall–Kier alpha value is -1.18. The minimum absolute atomic E-state index is 0.935. The first-order valence-corrected chi connectivity index (χ1v) is 2.38. The fourth-order valence-corrected chi connectivity index (χ4v) is 0.708. The largest absolute Gasteiger partial charge is 0.254 e. The molecule has 0 aromatic carbocycles. The van der Waals surface area contributed by atoms with Crippen molar-refractivity contribution < 1.29 is 0 Å². The highest BCUT2D eigenvalue weighted by Crippen LogP contribution is 2.19. The summed E-state index contributed by atoms with van der Waals surface area (Å²) in [6.07, 6.45) is 8.09. The standard InChI is InChI=1S/C6H3N2/c1-3-7-6-2-4-8-5(1)6/h1-3H. The molecular weight excluding hydrogens is 100 g/mol. The third kappa shape index (κ3) is 0.320. The zero-order valence-electron chi connectivity index (χ0n) is 4.13. The van der Waals surface area contributed by atoms with Gasteiger partial charge in [0, 0.05) is 6.21 Å². The number of rotatable bonds is 0. The maximum Gasteiger partial charge on any atom is 0.0917 e. The summed E-state index contributed by atoms with van der Waals surface area (Å²) in [6.45, 7) is 0. The topological polar surface area (TPSA) is 24.7 Å². The van der Waals surface area contributed by atoms with Crippen molar-refractivity contribution in [1.29, 1.82) is 0 Å². The second-order valence-corrected chi connectivity index (χ2v) is 1.60. The van der Waals surface area contributed by atoms with Crippen LogP contribution in [-0.4, -0.2) is 12.4 Å². The molecule has 0 bridgehead atoms. The van der Waals surface area contributed by atoms with Crippen LogP contribution < -0.4 is 0 Å². The van der Waals surface area contributed by atoms with E-state index in [2.05, 4.69) is 16.2 Å². The second kappa shape index (κ2) is 1.15. The van der Waals surface area contributed by atoms with Gasteiger partial charge in [0.1, 0.15) is 0 Å². The lowest BCUT2D eigenvalue weighted by Gasteiger charge is -1.82. The van der Waals surface area contributed by atoms with Crippen molar-refractivity contribution in [3.8, 4) is 0 Å². The van der Waals surface area contributed by atoms with Gasteiger partial charge in [0.05, 0.1) is 17.6 Å². The predicted molar refractivity (Wildman–Crippen MR) is 32.1 cm³/mol. The number of fused-ring (bicyclic) bond motifs is 1. The van der Waals surface area contributed by atoms with Crippen LogP contribution >= 0.6 is 0 Å². The molecule has 0 aromatic heterocycles. The monoisotopic (exact) mass is 103 g/mol. The Labute approximate surface area is 47.0 Å². The van der Waals surface area contributed by atoms with E-state index in [1.165, 1.54) is 0 Å². The van der Waals surface area contributed by atoms with E-state index in [4.69, 9.17) is 0 Å². The van der Waals surface area contributed by atoms with Crippen LogP contribution in [0.15, 0.2) is 33.5 Å². The molecule has 37 valence electrons. The molecule has 8 heavy (non-hydrogen) atoms. The number of hydrogen-bond acceptors (Lipinski definition) is 2. The number of nitrogens with zero attached hydrogens (tertiary/aromatic N) is 2. The van der Waals surface area contributed by atoms with Crippen molar-refractivity contribution in [3.05, 3.63) is 23.5 Å². The molecule has 1 radical (unpaired) electrons. The quantitative estimate of drug-likeness (QED) is 0.433. The lowest BCUT2D eigenvalue weighted by molar-refractivity contribution is 1.33. The van der Waals surface area contributed by atoms with E-state index in [-0.39, 0.29) is 0 Å². The molecule has 2 aliphatic rings. The minimum atomic E-state index is 0.935. The molecule has 2 heterocycles. The first-order chi connectivity index (χ1) is 3.97. The zero-order valence-corrected chi connectivity index (χ0v) is 4.13. The third-order valence-electron chi connectivity index (χ3n) is 1.09. The van der Waals surface area contributed by atoms with Crippen molar-refractivity contribution in [3.63, 3.8) is 0 Å². The molecule has 0 atom stereocenters. The van der Waals surface area contributed by atoms with E-state index in [9.17, 15) is 0 Å². The second-order valence-electron chi connectivity index (χ2n) is 1.60. The maximum atomic E-state index is 3.98. The van der Waals surface area contributed by atoms with Crippen molar-refractivity contribution in [2.45, 2.75) is 0 Å². The van der Waals surface area contributed by atoms with Gasteiger partial charge in [0.15, 0.2) is 0 Å². The highest BCUT2D eigenvalue weighted by Gasteiger charge is 2.08. The first kappa shape index (κ1) is 3.78. The average Bonchev–Trinajstić information content (AvgIpc) is 2.15. The van der Waals surface area contributed by atoms with Crippen LogP contribution in [0.3, 0.4) is 0 Å². The van der Waals surface area contributed by atoms with Gasteiger partial charge in [-0.25, -0.2) is 4.99 Å². The Morgan fingerprint density at radius 3 is 3.25 bits per heavy atom. The van der Waals surface area contributed by atoms with E-state index in [1.54, 1.807) is 12.3 Å². The molecule has 0 unspecified atom stereocenters. The summed E-state index contributed by atoms with van der Waals surface area (Å²) in [5.74, 6) is 0. The summed E-state index contributed by atoms with van der Waals surface area (Å²) in [4.78, 5) is 7.88. The molecule has 0 fully saturated rings. The van der Waals surface area contributed by atoms with Gasteiger partial charge in [-0.2, -0.15) is 0 Å². The fourth-order valence-electron chi connectivity index (χ4n) is 0.708. The molecule has 0 N–H and O–H groups in total. The normalized spacial score (nSPS) is 21.0. The zero-order chi connectivity index (χ0) is 5.40. The molecule has 0 aliphatic carbocycles. The van der Waals surface area contributed by atoms with Gasteiger partial charge in [-0.3, -0.25) is 4.99 Å². The van der Waals surface area contributed by atoms with Crippen molar-refractivity contribution >= 4 is 12.4 Å². The number of aliphatic imine (C=N–C) groups is 2. The van der Waals surface area contributed by atoms with Crippen LogP contribution in [0.4, 0.5) is 0 Å². The predicted octanol–water partition coefficient (Wildman–Crippen LogP) is 0.800. The molecule has 0 aromatic rings. The Balaban J connectivity index is 2.59. The lowest BCUT2D eigenvalue weighted by atomic mass is 10.4. The van der Waals surface area contributed by atoms with Gasteiger partial charge in [-0.15, -0.1) is 0 Å². The van der Waals surface area contributed by atoms with Crippen molar-refractivity contribution in [2.24, 2.45) is 9.98 Å². The summed E-state index contributed by atoms with van der Waals surface area (Å²) in [5, 5.41) is 0. The molecule has 2 aliphatic heterocycles. The van der Waals surface area contributed by atoms with Gasteiger partial charge < -0.3 is 0 Å². The molecule has 2 rings (SSSR count). The molecule has 0 amide bonds. The Morgan fingerprint density at radius 1 is 1.38 bits per heavy atom. The van der Waals surface area contributed by atoms with Crippen LogP contribution in [0.5, 0.6) is 0 Å². The molecule has 2 heteroatoms. The van der Waals surface area contributed by atoms with Gasteiger partial charge in [-0.05, 0) is 12.2 Å².